The Balaban J connectivity index is 3.21. The number of halogens is 2. The van der Waals surface area contributed by atoms with Gasteiger partial charge < -0.3 is 8.46 Å². The van der Waals surface area contributed by atoms with Crippen LogP contribution in [-0.2, 0) is 0 Å². The molecule has 21 heavy (non-hydrogen) atoms. The van der Waals surface area contributed by atoms with E-state index >= 15 is 0 Å². The highest BCUT2D eigenvalue weighted by Crippen LogP contribution is 2.49. The summed E-state index contributed by atoms with van der Waals surface area (Å²) in [5, 5.41) is 0.553. The summed E-state index contributed by atoms with van der Waals surface area (Å²) in [5.74, 6) is 0. The molecule has 1 fully saturated rings. The highest BCUT2D eigenvalue weighted by atomic mass is 35.7. The summed E-state index contributed by atoms with van der Waals surface area (Å²) in [6.45, 7) is 25.8. The van der Waals surface area contributed by atoms with E-state index in [4.69, 9.17) is 22.2 Å². The quantitative estimate of drug-likeness (QED) is 0.456. The number of hydrogen-bond donors (Lipinski definition) is 0. The highest BCUT2D eigenvalue weighted by molar-refractivity contribution is 7.46. The lowest BCUT2D eigenvalue weighted by Gasteiger charge is -2.52. The average molecular weight is 386 g/mol. The number of hydrogen-bond acceptors (Lipinski definition) is 2. The summed E-state index contributed by atoms with van der Waals surface area (Å²) in [6, 6.07) is 0. The van der Waals surface area contributed by atoms with Gasteiger partial charge in [0.05, 0.1) is 0 Å². The monoisotopic (exact) mass is 384 g/mol. The van der Waals surface area contributed by atoms with E-state index in [1.54, 1.807) is 0 Å². The largest absolute Gasteiger partial charge is 0.395 e. The fourth-order valence-electron chi connectivity index (χ4n) is 2.66. The van der Waals surface area contributed by atoms with Gasteiger partial charge in [-0.2, -0.15) is 0 Å². The van der Waals surface area contributed by atoms with E-state index in [-0.39, 0.29) is 10.1 Å². The summed E-state index contributed by atoms with van der Waals surface area (Å²) in [7, 11) is -5.91. The SMILES string of the molecule is CC(C)(C)[Si](C)(C)N1CCN([Si](C)(C)C(C)(C)C)[Si]1(Cl)Cl. The van der Waals surface area contributed by atoms with Gasteiger partial charge in [0.1, 0.15) is 16.5 Å². The maximum absolute atomic E-state index is 7.11. The maximum Gasteiger partial charge on any atom is 0.395 e. The molecule has 0 saturated carbocycles. The molecule has 0 aromatic heterocycles. The van der Waals surface area contributed by atoms with Crippen molar-refractivity contribution in [3.8, 4) is 0 Å². The van der Waals surface area contributed by atoms with Crippen molar-refractivity contribution in [3.63, 3.8) is 0 Å². The fourth-order valence-corrected chi connectivity index (χ4v) is 23.7. The van der Waals surface area contributed by atoms with Crippen LogP contribution in [0.1, 0.15) is 41.5 Å². The molecule has 0 bridgehead atoms. The van der Waals surface area contributed by atoms with Gasteiger partial charge in [0, 0.05) is 0 Å². The molecule has 7 heteroatoms. The van der Waals surface area contributed by atoms with Crippen LogP contribution in [0.2, 0.25) is 36.3 Å². The molecule has 2 nitrogen and oxygen atoms in total. The summed E-state index contributed by atoms with van der Waals surface area (Å²) < 4.78 is 5.12. The standard InChI is InChI=1S/C14H34Cl2N2Si3/c1-13(2,3)19(7,8)17-11-12-18(21(17,15)16)20(9,10)14(4,5)6/h11-12H2,1-10H3. The van der Waals surface area contributed by atoms with Crippen LogP contribution in [0.4, 0.5) is 0 Å². The van der Waals surface area contributed by atoms with Crippen LogP contribution in [0, 0.1) is 0 Å². The third kappa shape index (κ3) is 3.35. The van der Waals surface area contributed by atoms with Crippen molar-refractivity contribution < 1.29 is 0 Å². The van der Waals surface area contributed by atoms with E-state index in [2.05, 4.69) is 76.2 Å². The predicted molar refractivity (Wildman–Crippen MR) is 105 cm³/mol. The van der Waals surface area contributed by atoms with Crippen LogP contribution in [0.5, 0.6) is 0 Å². The smallest absolute Gasteiger partial charge is 0.308 e. The van der Waals surface area contributed by atoms with E-state index in [9.17, 15) is 0 Å². The predicted octanol–water partition coefficient (Wildman–Crippen LogP) is 5.53. The van der Waals surface area contributed by atoms with E-state index in [1.807, 2.05) is 0 Å². The first-order valence-corrected chi connectivity index (χ1v) is 17.7. The van der Waals surface area contributed by atoms with Crippen molar-refractivity contribution in [1.82, 2.24) is 8.46 Å². The molecule has 1 aliphatic rings. The minimum Gasteiger partial charge on any atom is -0.308 e. The van der Waals surface area contributed by atoms with Gasteiger partial charge in [-0.05, 0) is 23.2 Å². The van der Waals surface area contributed by atoms with Crippen LogP contribution in [-0.4, -0.2) is 45.0 Å². The van der Waals surface area contributed by atoms with Gasteiger partial charge in [0.25, 0.3) is 0 Å². The zero-order valence-corrected chi connectivity index (χ0v) is 20.1. The van der Waals surface area contributed by atoms with Gasteiger partial charge in [0.15, 0.2) is 0 Å². The van der Waals surface area contributed by atoms with E-state index in [0.717, 1.165) is 13.1 Å². The third-order valence-corrected chi connectivity index (χ3v) is 27.9. The molecule has 0 radical (unpaired) electrons. The van der Waals surface area contributed by atoms with Crippen LogP contribution in [0.15, 0.2) is 0 Å². The first-order valence-electron chi connectivity index (χ1n) is 7.90. The Hall–Kier alpha value is 1.15. The summed E-state index contributed by atoms with van der Waals surface area (Å²) in [5.41, 5.74) is 0. The normalized spacial score (nSPS) is 22.9. The minimum atomic E-state index is -2.55. The molecule has 1 rings (SSSR count). The number of nitrogens with zero attached hydrogens (tertiary/aromatic N) is 2. The lowest BCUT2D eigenvalue weighted by molar-refractivity contribution is 0.579. The Morgan fingerprint density at radius 1 is 0.714 bits per heavy atom. The Morgan fingerprint density at radius 2 is 0.952 bits per heavy atom. The van der Waals surface area contributed by atoms with Crippen LogP contribution < -0.4 is 0 Å². The Labute approximate surface area is 144 Å². The van der Waals surface area contributed by atoms with Crippen molar-refractivity contribution in [3.05, 3.63) is 0 Å². The molecule has 0 aliphatic carbocycles. The molecule has 0 N–H and O–H groups in total. The molecular formula is C14H34Cl2N2Si3. The summed E-state index contributed by atoms with van der Waals surface area (Å²) in [6.07, 6.45) is 0. The molecule has 0 unspecified atom stereocenters. The van der Waals surface area contributed by atoms with Crippen molar-refractivity contribution in [2.45, 2.75) is 77.8 Å². The zero-order chi connectivity index (χ0) is 17.1. The van der Waals surface area contributed by atoms with Crippen molar-refractivity contribution >= 4 is 45.6 Å². The third-order valence-electron chi connectivity index (χ3n) is 6.22. The molecule has 0 amide bonds. The Bertz CT molecular complexity index is 362. The van der Waals surface area contributed by atoms with Crippen molar-refractivity contribution in [2.75, 3.05) is 13.1 Å². The molecule has 126 valence electrons. The molecular weight excluding hydrogens is 351 g/mol. The fraction of sp³-hybridized carbons (Fsp3) is 1.00. The second-order valence-electron chi connectivity index (χ2n) is 9.43. The van der Waals surface area contributed by atoms with Gasteiger partial charge in [-0.3, -0.25) is 0 Å². The molecule has 1 saturated heterocycles. The van der Waals surface area contributed by atoms with Crippen molar-refractivity contribution in [2.24, 2.45) is 0 Å². The lowest BCUT2D eigenvalue weighted by Crippen LogP contribution is -2.69. The second kappa shape index (κ2) is 5.60. The van der Waals surface area contributed by atoms with Crippen LogP contribution >= 0.6 is 22.2 Å². The van der Waals surface area contributed by atoms with E-state index < -0.39 is 23.5 Å². The van der Waals surface area contributed by atoms with E-state index in [0.29, 0.717) is 0 Å². The van der Waals surface area contributed by atoms with Gasteiger partial charge in [-0.1, -0.05) is 67.7 Å². The van der Waals surface area contributed by atoms with Gasteiger partial charge in [0.2, 0.25) is 0 Å². The van der Waals surface area contributed by atoms with Crippen LogP contribution in [0.25, 0.3) is 0 Å². The van der Waals surface area contributed by atoms with E-state index in [1.165, 1.54) is 0 Å². The second-order valence-corrected chi connectivity index (χ2v) is 26.5. The lowest BCUT2D eigenvalue weighted by atomic mass is 10.2. The Kier molecular flexibility index (Phi) is 5.39. The molecule has 1 heterocycles. The minimum absolute atomic E-state index is 0.276. The first kappa shape index (κ1) is 20.2. The van der Waals surface area contributed by atoms with Gasteiger partial charge in [-0.15, -0.1) is 22.2 Å². The molecule has 0 aromatic carbocycles. The highest BCUT2D eigenvalue weighted by Gasteiger charge is 2.62. The maximum atomic E-state index is 7.11. The summed E-state index contributed by atoms with van der Waals surface area (Å²) in [4.78, 5) is 0. The molecule has 0 aromatic rings. The van der Waals surface area contributed by atoms with Crippen molar-refractivity contribution in [1.29, 1.82) is 0 Å². The zero-order valence-electron chi connectivity index (χ0n) is 15.6. The van der Waals surface area contributed by atoms with Crippen LogP contribution in [0.3, 0.4) is 0 Å². The number of rotatable bonds is 2. The van der Waals surface area contributed by atoms with Gasteiger partial charge >= 0.3 is 7.02 Å². The molecule has 0 spiro atoms. The molecule has 1 aliphatic heterocycles. The molecule has 0 atom stereocenters. The summed E-state index contributed by atoms with van der Waals surface area (Å²) >= 11 is 14.2. The Morgan fingerprint density at radius 3 is 1.14 bits per heavy atom. The van der Waals surface area contributed by atoms with Gasteiger partial charge in [-0.25, -0.2) is 0 Å². The topological polar surface area (TPSA) is 6.48 Å². The average Bonchev–Trinajstić information content (AvgIpc) is 2.50. The first-order chi connectivity index (χ1) is 8.97.